The van der Waals surface area contributed by atoms with Gasteiger partial charge in [0, 0.05) is 12.2 Å². The van der Waals surface area contributed by atoms with Crippen LogP contribution in [0.4, 0.5) is 5.69 Å². The predicted molar refractivity (Wildman–Crippen MR) is 73.5 cm³/mol. The zero-order valence-electron chi connectivity index (χ0n) is 11.3. The average Bonchev–Trinajstić information content (AvgIpc) is 2.70. The number of carbonyl (C=O) groups excluding carboxylic acids is 1. The van der Waals surface area contributed by atoms with Gasteiger partial charge < -0.3 is 10.0 Å². The number of rotatable bonds is 5. The Morgan fingerprint density at radius 1 is 1.37 bits per heavy atom. The van der Waals surface area contributed by atoms with E-state index >= 15 is 0 Å². The Balaban J connectivity index is 2.30. The van der Waals surface area contributed by atoms with Gasteiger partial charge in [-0.25, -0.2) is 4.79 Å². The Bertz CT molecular complexity index is 506. The fourth-order valence-electron chi connectivity index (χ4n) is 2.50. The van der Waals surface area contributed by atoms with Crippen LogP contribution in [0.2, 0.25) is 0 Å². The van der Waals surface area contributed by atoms with Crippen molar-refractivity contribution in [1.29, 1.82) is 0 Å². The predicted octanol–water partition coefficient (Wildman–Crippen LogP) is 2.71. The molecular formula is C15H19NO3. The largest absolute Gasteiger partial charge is 0.478 e. The number of nitrogens with zero attached hydrogens (tertiary/aromatic N) is 1. The lowest BCUT2D eigenvalue weighted by Gasteiger charge is -2.23. The van der Waals surface area contributed by atoms with Crippen LogP contribution in [0.15, 0.2) is 18.2 Å². The van der Waals surface area contributed by atoms with Crippen molar-refractivity contribution < 1.29 is 14.7 Å². The molecule has 0 radical (unpaired) electrons. The normalized spacial score (nSPS) is 14.1. The molecule has 4 heteroatoms. The first-order valence-corrected chi connectivity index (χ1v) is 6.73. The smallest absolute Gasteiger partial charge is 0.335 e. The van der Waals surface area contributed by atoms with Gasteiger partial charge in [0.2, 0.25) is 5.91 Å². The van der Waals surface area contributed by atoms with Gasteiger partial charge in [0.15, 0.2) is 0 Å². The first kappa shape index (κ1) is 13.6. The van der Waals surface area contributed by atoms with Crippen molar-refractivity contribution in [2.45, 2.75) is 33.1 Å². The number of hydrogen-bond acceptors (Lipinski definition) is 2. The van der Waals surface area contributed by atoms with E-state index in [-0.39, 0.29) is 11.5 Å². The minimum atomic E-state index is -0.954. The van der Waals surface area contributed by atoms with Crippen LogP contribution in [0, 0.1) is 5.92 Å². The van der Waals surface area contributed by atoms with Crippen LogP contribution in [-0.4, -0.2) is 23.5 Å². The number of anilines is 1. The Kier molecular flexibility index (Phi) is 3.88. The highest BCUT2D eigenvalue weighted by atomic mass is 16.4. The summed E-state index contributed by atoms with van der Waals surface area (Å²) in [4.78, 5) is 24.8. The highest BCUT2D eigenvalue weighted by molar-refractivity contribution is 6.03. The molecule has 1 N–H and O–H groups in total. The summed E-state index contributed by atoms with van der Waals surface area (Å²) in [6.07, 6.45) is 2.43. The summed E-state index contributed by atoms with van der Waals surface area (Å²) in [7, 11) is 0. The summed E-state index contributed by atoms with van der Waals surface area (Å²) in [5, 5.41) is 9.04. The van der Waals surface area contributed by atoms with Gasteiger partial charge >= 0.3 is 5.97 Å². The molecule has 1 aliphatic heterocycles. The number of benzene rings is 1. The third-order valence-electron chi connectivity index (χ3n) is 3.86. The molecule has 102 valence electrons. The highest BCUT2D eigenvalue weighted by Gasteiger charge is 2.29. The van der Waals surface area contributed by atoms with Crippen molar-refractivity contribution in [3.05, 3.63) is 29.3 Å². The van der Waals surface area contributed by atoms with E-state index in [1.54, 1.807) is 23.1 Å². The Morgan fingerprint density at radius 2 is 2.05 bits per heavy atom. The van der Waals surface area contributed by atoms with Crippen molar-refractivity contribution in [3.8, 4) is 0 Å². The van der Waals surface area contributed by atoms with E-state index in [4.69, 9.17) is 5.11 Å². The van der Waals surface area contributed by atoms with E-state index in [0.717, 1.165) is 24.1 Å². The lowest BCUT2D eigenvalue weighted by molar-refractivity contribution is -0.117. The van der Waals surface area contributed by atoms with E-state index in [1.165, 1.54) is 0 Å². The fourth-order valence-corrected chi connectivity index (χ4v) is 2.50. The molecule has 0 bridgehead atoms. The van der Waals surface area contributed by atoms with E-state index in [2.05, 4.69) is 13.8 Å². The Hall–Kier alpha value is -1.84. The molecular weight excluding hydrogens is 242 g/mol. The van der Waals surface area contributed by atoms with Crippen molar-refractivity contribution in [2.24, 2.45) is 5.92 Å². The van der Waals surface area contributed by atoms with Crippen LogP contribution in [0.3, 0.4) is 0 Å². The van der Waals surface area contributed by atoms with E-state index < -0.39 is 5.97 Å². The second-order valence-electron chi connectivity index (χ2n) is 5.01. The SMILES string of the molecule is CCC(CC)CN1C(=O)Cc2ccc(C(=O)O)cc21. The number of fused-ring (bicyclic) bond motifs is 1. The summed E-state index contributed by atoms with van der Waals surface area (Å²) >= 11 is 0. The Morgan fingerprint density at radius 3 is 2.63 bits per heavy atom. The lowest BCUT2D eigenvalue weighted by atomic mass is 10.0. The minimum Gasteiger partial charge on any atom is -0.478 e. The number of carbonyl (C=O) groups is 2. The molecule has 0 fully saturated rings. The molecule has 19 heavy (non-hydrogen) atoms. The number of carboxylic acid groups (broad SMARTS) is 1. The molecule has 1 heterocycles. The van der Waals surface area contributed by atoms with Crippen molar-refractivity contribution in [1.82, 2.24) is 0 Å². The number of amides is 1. The molecule has 0 spiro atoms. The maximum Gasteiger partial charge on any atom is 0.335 e. The molecule has 0 aromatic heterocycles. The van der Waals surface area contributed by atoms with Gasteiger partial charge in [0.25, 0.3) is 0 Å². The standard InChI is InChI=1S/C15H19NO3/c1-3-10(4-2)9-16-13-7-12(15(18)19)6-5-11(13)8-14(16)17/h5-7,10H,3-4,8-9H2,1-2H3,(H,18,19). The third-order valence-corrected chi connectivity index (χ3v) is 3.86. The molecule has 0 atom stereocenters. The van der Waals surface area contributed by atoms with Gasteiger partial charge in [-0.2, -0.15) is 0 Å². The zero-order valence-corrected chi connectivity index (χ0v) is 11.3. The summed E-state index contributed by atoms with van der Waals surface area (Å²) in [6, 6.07) is 4.93. The average molecular weight is 261 g/mol. The van der Waals surface area contributed by atoms with Crippen LogP contribution in [0.5, 0.6) is 0 Å². The molecule has 1 aliphatic rings. The zero-order chi connectivity index (χ0) is 14.0. The van der Waals surface area contributed by atoms with Gasteiger partial charge in [-0.05, 0) is 23.6 Å². The lowest BCUT2D eigenvalue weighted by Crippen LogP contribution is -2.32. The molecule has 1 aromatic carbocycles. The summed E-state index contributed by atoms with van der Waals surface area (Å²) < 4.78 is 0. The molecule has 2 rings (SSSR count). The maximum atomic E-state index is 12.1. The van der Waals surface area contributed by atoms with Crippen molar-refractivity contribution in [3.63, 3.8) is 0 Å². The second-order valence-corrected chi connectivity index (χ2v) is 5.01. The van der Waals surface area contributed by atoms with E-state index in [9.17, 15) is 9.59 Å². The number of aromatic carboxylic acids is 1. The maximum absolute atomic E-state index is 12.1. The quantitative estimate of drug-likeness (QED) is 0.886. The van der Waals surface area contributed by atoms with Gasteiger partial charge in [-0.15, -0.1) is 0 Å². The van der Waals surface area contributed by atoms with Crippen molar-refractivity contribution in [2.75, 3.05) is 11.4 Å². The number of hydrogen-bond donors (Lipinski definition) is 1. The highest BCUT2D eigenvalue weighted by Crippen LogP contribution is 2.31. The first-order valence-electron chi connectivity index (χ1n) is 6.73. The molecule has 1 aromatic rings. The fraction of sp³-hybridized carbons (Fsp3) is 0.467. The second kappa shape index (κ2) is 5.43. The van der Waals surface area contributed by atoms with E-state index in [1.807, 2.05) is 0 Å². The van der Waals surface area contributed by atoms with Crippen LogP contribution >= 0.6 is 0 Å². The summed E-state index contributed by atoms with van der Waals surface area (Å²) in [5.41, 5.74) is 1.95. The van der Waals surface area contributed by atoms with E-state index in [0.29, 0.717) is 18.9 Å². The summed E-state index contributed by atoms with van der Waals surface area (Å²) in [6.45, 7) is 4.91. The molecule has 1 amide bonds. The molecule has 0 saturated carbocycles. The van der Waals surface area contributed by atoms with Gasteiger partial charge in [0.05, 0.1) is 12.0 Å². The number of carboxylic acids is 1. The first-order chi connectivity index (χ1) is 9.06. The topological polar surface area (TPSA) is 57.6 Å². The van der Waals surface area contributed by atoms with Gasteiger partial charge in [0.1, 0.15) is 0 Å². The molecule has 0 saturated heterocycles. The van der Waals surface area contributed by atoms with Crippen LogP contribution in [0.1, 0.15) is 42.6 Å². The summed E-state index contributed by atoms with van der Waals surface area (Å²) in [5.74, 6) is -0.419. The monoisotopic (exact) mass is 261 g/mol. The van der Waals surface area contributed by atoms with Crippen LogP contribution in [0.25, 0.3) is 0 Å². The van der Waals surface area contributed by atoms with Crippen molar-refractivity contribution >= 4 is 17.6 Å². The third kappa shape index (κ3) is 2.62. The Labute approximate surface area is 113 Å². The molecule has 4 nitrogen and oxygen atoms in total. The molecule has 0 unspecified atom stereocenters. The van der Waals surface area contributed by atoms with Gasteiger partial charge in [-0.1, -0.05) is 32.8 Å². The van der Waals surface area contributed by atoms with Crippen LogP contribution in [-0.2, 0) is 11.2 Å². The van der Waals surface area contributed by atoms with Gasteiger partial charge in [-0.3, -0.25) is 4.79 Å². The van der Waals surface area contributed by atoms with Crippen LogP contribution < -0.4 is 4.90 Å². The minimum absolute atomic E-state index is 0.0736. The molecule has 0 aliphatic carbocycles.